The van der Waals surface area contributed by atoms with Gasteiger partial charge in [-0.1, -0.05) is 251 Å². The summed E-state index contributed by atoms with van der Waals surface area (Å²) in [6.45, 7) is 4.09. The third-order valence-corrected chi connectivity index (χ3v) is 11.7. The number of phosphoric acid groups is 1. The topological polar surface area (TPSA) is 116 Å². The number of nitrogens with one attached hydrogen (secondary N) is 1. The molecule has 0 radical (unpaired) electrons. The molecule has 0 aromatic rings. The Kier molecular flexibility index (Phi) is 42.3. The molecule has 0 bridgehead atoms. The van der Waals surface area contributed by atoms with Gasteiger partial charge in [0.05, 0.1) is 18.8 Å². The van der Waals surface area contributed by atoms with E-state index in [2.05, 4.69) is 23.7 Å². The first-order valence-electron chi connectivity index (χ1n) is 24.1. The van der Waals surface area contributed by atoms with Gasteiger partial charge in [-0.05, 0) is 19.3 Å². The Balaban J connectivity index is 3.76. The smallest absolute Gasteiger partial charge is 0.387 e. The predicted molar refractivity (Wildman–Crippen MR) is 236 cm³/mol. The number of allylic oxidation sites excluding steroid dienone is 1. The molecule has 0 aliphatic heterocycles. The molecule has 0 aromatic heterocycles. The molecule has 1 amide bonds. The van der Waals surface area contributed by atoms with Crippen molar-refractivity contribution in [2.24, 2.45) is 0 Å². The number of carbonyl (C=O) groups excluding carboxylic acids is 1. The molecule has 0 heterocycles. The maximum atomic E-state index is 12.6. The van der Waals surface area contributed by atoms with Crippen molar-refractivity contribution < 1.29 is 28.8 Å². The highest BCUT2D eigenvalue weighted by Gasteiger charge is 2.24. The van der Waals surface area contributed by atoms with E-state index in [4.69, 9.17) is 9.79 Å². The van der Waals surface area contributed by atoms with Crippen LogP contribution in [0.2, 0.25) is 0 Å². The Labute approximate surface area is 342 Å². The number of hydrogen-bond acceptors (Lipinski definition) is 4. The summed E-state index contributed by atoms with van der Waals surface area (Å²) in [6.07, 6.45) is 52.6. The van der Waals surface area contributed by atoms with E-state index in [9.17, 15) is 14.5 Å². The second kappa shape index (κ2) is 42.9. The quantitative estimate of drug-likeness (QED) is 0.0277. The highest BCUT2D eigenvalue weighted by molar-refractivity contribution is 7.46. The molecule has 0 unspecified atom stereocenters. The van der Waals surface area contributed by atoms with E-state index in [-0.39, 0.29) is 5.91 Å². The minimum atomic E-state index is -4.71. The monoisotopic (exact) mass is 800 g/mol. The van der Waals surface area contributed by atoms with Crippen LogP contribution >= 0.6 is 7.82 Å². The molecule has 328 valence electrons. The average Bonchev–Trinajstić information content (AvgIpc) is 3.16. The van der Waals surface area contributed by atoms with Crippen LogP contribution in [-0.4, -0.2) is 39.6 Å². The van der Waals surface area contributed by atoms with Gasteiger partial charge in [0.1, 0.15) is 0 Å². The average molecular weight is 800 g/mol. The molecular formula is C47H94NO6P. The largest absolute Gasteiger partial charge is 0.469 e. The fourth-order valence-corrected chi connectivity index (χ4v) is 7.93. The summed E-state index contributed by atoms with van der Waals surface area (Å²) < 4.78 is 15.9. The highest BCUT2D eigenvalue weighted by Crippen LogP contribution is 2.36. The SMILES string of the molecule is CCCCCCCCCCCCC/C=C/[C@@H](O)[C@H](COP(=O)(O)O)NC(=O)CCCCCCCCCCCCCCCCCCCCCCCCCCCC. The summed E-state index contributed by atoms with van der Waals surface area (Å²) >= 11 is 0. The van der Waals surface area contributed by atoms with Crippen molar-refractivity contribution >= 4 is 13.7 Å². The molecule has 2 atom stereocenters. The van der Waals surface area contributed by atoms with Crippen molar-refractivity contribution in [1.82, 2.24) is 5.32 Å². The summed E-state index contributed by atoms with van der Waals surface area (Å²) in [5.41, 5.74) is 0. The van der Waals surface area contributed by atoms with E-state index in [0.29, 0.717) is 6.42 Å². The van der Waals surface area contributed by atoms with Crippen molar-refractivity contribution in [2.75, 3.05) is 6.61 Å². The lowest BCUT2D eigenvalue weighted by Gasteiger charge is -2.22. The minimum Gasteiger partial charge on any atom is -0.387 e. The number of phosphoric ester groups is 1. The molecule has 0 rings (SSSR count). The van der Waals surface area contributed by atoms with E-state index in [0.717, 1.165) is 38.5 Å². The van der Waals surface area contributed by atoms with Crippen molar-refractivity contribution in [1.29, 1.82) is 0 Å². The summed E-state index contributed by atoms with van der Waals surface area (Å²) in [5.74, 6) is -0.221. The Hall–Kier alpha value is -0.720. The van der Waals surface area contributed by atoms with Gasteiger partial charge in [0, 0.05) is 6.42 Å². The number of hydrogen-bond donors (Lipinski definition) is 4. The Morgan fingerprint density at radius 1 is 0.509 bits per heavy atom. The second-order valence-corrected chi connectivity index (χ2v) is 18.0. The van der Waals surface area contributed by atoms with Gasteiger partial charge in [0.25, 0.3) is 0 Å². The fraction of sp³-hybridized carbons (Fsp3) is 0.936. The van der Waals surface area contributed by atoms with Crippen molar-refractivity contribution in [3.63, 3.8) is 0 Å². The standard InChI is InChI=1S/C47H94NO6P/c1-3-5-7-9-11-13-15-17-18-19-20-21-22-23-24-25-26-27-28-29-31-33-35-37-39-41-43-47(50)48-45(44-54-55(51,52)53)46(49)42-40-38-36-34-32-30-16-14-12-10-8-6-4-2/h40,42,45-46,49H,3-39,41,43-44H2,1-2H3,(H,48,50)(H2,51,52,53)/b42-40+/t45-,46+/m0/s1. The lowest BCUT2D eigenvalue weighted by molar-refractivity contribution is -0.123. The molecule has 0 saturated heterocycles. The lowest BCUT2D eigenvalue weighted by Crippen LogP contribution is -2.45. The van der Waals surface area contributed by atoms with E-state index in [1.165, 1.54) is 205 Å². The molecule has 0 aliphatic rings. The molecule has 8 heteroatoms. The predicted octanol–water partition coefficient (Wildman–Crippen LogP) is 14.8. The number of rotatable bonds is 45. The summed E-state index contributed by atoms with van der Waals surface area (Å²) in [6, 6.07) is -0.905. The Morgan fingerprint density at radius 2 is 0.800 bits per heavy atom. The molecule has 4 N–H and O–H groups in total. The van der Waals surface area contributed by atoms with Crippen molar-refractivity contribution in [3.8, 4) is 0 Å². The van der Waals surface area contributed by atoms with Gasteiger partial charge < -0.3 is 20.2 Å². The molecule has 0 aliphatic carbocycles. The zero-order chi connectivity index (χ0) is 40.3. The second-order valence-electron chi connectivity index (χ2n) is 16.8. The zero-order valence-corrected chi connectivity index (χ0v) is 37.5. The molecule has 7 nitrogen and oxygen atoms in total. The van der Waals surface area contributed by atoms with Gasteiger partial charge in [-0.3, -0.25) is 9.32 Å². The van der Waals surface area contributed by atoms with Crippen LogP contribution < -0.4 is 5.32 Å². The molecule has 0 fully saturated rings. The van der Waals surface area contributed by atoms with Crippen LogP contribution in [-0.2, 0) is 13.9 Å². The van der Waals surface area contributed by atoms with E-state index in [1.807, 2.05) is 6.08 Å². The van der Waals surface area contributed by atoms with Crippen LogP contribution in [0.15, 0.2) is 12.2 Å². The first kappa shape index (κ1) is 54.3. The summed E-state index contributed by atoms with van der Waals surface area (Å²) in [5, 5.41) is 13.4. The normalized spacial score (nSPS) is 13.2. The third-order valence-electron chi connectivity index (χ3n) is 11.2. The Bertz CT molecular complexity index is 864. The third kappa shape index (κ3) is 44.2. The van der Waals surface area contributed by atoms with Crippen LogP contribution in [0.25, 0.3) is 0 Å². The van der Waals surface area contributed by atoms with Crippen LogP contribution in [0.5, 0.6) is 0 Å². The van der Waals surface area contributed by atoms with Crippen LogP contribution in [0.3, 0.4) is 0 Å². The van der Waals surface area contributed by atoms with E-state index in [1.54, 1.807) is 6.08 Å². The van der Waals surface area contributed by atoms with Gasteiger partial charge >= 0.3 is 7.82 Å². The van der Waals surface area contributed by atoms with Crippen molar-refractivity contribution in [3.05, 3.63) is 12.2 Å². The number of aliphatic hydroxyl groups excluding tert-OH is 1. The molecular weight excluding hydrogens is 705 g/mol. The molecule has 55 heavy (non-hydrogen) atoms. The van der Waals surface area contributed by atoms with Crippen LogP contribution in [0, 0.1) is 0 Å². The number of aliphatic hydroxyl groups is 1. The van der Waals surface area contributed by atoms with Gasteiger partial charge in [0.2, 0.25) is 5.91 Å². The van der Waals surface area contributed by atoms with Gasteiger partial charge in [-0.2, -0.15) is 0 Å². The lowest BCUT2D eigenvalue weighted by atomic mass is 10.0. The summed E-state index contributed by atoms with van der Waals surface area (Å²) in [4.78, 5) is 30.9. The Morgan fingerprint density at radius 3 is 1.11 bits per heavy atom. The maximum absolute atomic E-state index is 12.6. The minimum absolute atomic E-state index is 0.221. The van der Waals surface area contributed by atoms with Crippen LogP contribution in [0.4, 0.5) is 0 Å². The van der Waals surface area contributed by atoms with Gasteiger partial charge in [0.15, 0.2) is 0 Å². The number of amides is 1. The fourth-order valence-electron chi connectivity index (χ4n) is 7.58. The zero-order valence-electron chi connectivity index (χ0n) is 36.6. The number of unbranched alkanes of at least 4 members (excludes halogenated alkanes) is 36. The van der Waals surface area contributed by atoms with Gasteiger partial charge in [-0.25, -0.2) is 4.57 Å². The van der Waals surface area contributed by atoms with Crippen molar-refractivity contribution in [2.45, 2.75) is 276 Å². The molecule has 0 spiro atoms. The van der Waals surface area contributed by atoms with E-state index >= 15 is 0 Å². The first-order chi connectivity index (χ1) is 26.8. The maximum Gasteiger partial charge on any atom is 0.469 e. The van der Waals surface area contributed by atoms with E-state index < -0.39 is 26.6 Å². The van der Waals surface area contributed by atoms with Gasteiger partial charge in [-0.15, -0.1) is 0 Å². The number of carbonyl (C=O) groups is 1. The molecule has 0 aromatic carbocycles. The van der Waals surface area contributed by atoms with Crippen LogP contribution in [0.1, 0.15) is 264 Å². The summed E-state index contributed by atoms with van der Waals surface area (Å²) in [7, 11) is -4.71. The highest BCUT2D eigenvalue weighted by atomic mass is 31.2. The first-order valence-corrected chi connectivity index (χ1v) is 25.7. The molecule has 0 saturated carbocycles.